The van der Waals surface area contributed by atoms with Crippen molar-refractivity contribution in [3.05, 3.63) is 29.8 Å². The number of fused-ring (bicyclic) bond motifs is 1. The minimum Gasteiger partial charge on any atom is -0.496 e. The third-order valence-corrected chi connectivity index (χ3v) is 4.64. The van der Waals surface area contributed by atoms with Crippen LogP contribution in [-0.4, -0.2) is 32.1 Å². The molecule has 0 bridgehead atoms. The Morgan fingerprint density at radius 1 is 1.25 bits per heavy atom. The first kappa shape index (κ1) is 13.4. The monoisotopic (exact) mass is 274 g/mol. The summed E-state index contributed by atoms with van der Waals surface area (Å²) in [6, 6.07) is 7.69. The smallest absolute Gasteiger partial charge is 0.255 e. The highest BCUT2D eigenvalue weighted by Crippen LogP contribution is 2.32. The van der Waals surface area contributed by atoms with Crippen LogP contribution in [0, 0.1) is 11.8 Å². The summed E-state index contributed by atoms with van der Waals surface area (Å²) in [6.45, 7) is 2.25. The Bertz CT molecular complexity index is 489. The number of carbonyl (C=O) groups is 1. The zero-order chi connectivity index (χ0) is 13.9. The first-order chi connectivity index (χ1) is 9.78. The molecule has 1 unspecified atom stereocenters. The van der Waals surface area contributed by atoms with Gasteiger partial charge in [-0.3, -0.25) is 4.79 Å². The summed E-state index contributed by atoms with van der Waals surface area (Å²) in [6.07, 6.45) is 3.40. The van der Waals surface area contributed by atoms with E-state index in [1.165, 1.54) is 6.42 Å². The van der Waals surface area contributed by atoms with Crippen LogP contribution in [0.25, 0.3) is 0 Å². The van der Waals surface area contributed by atoms with Gasteiger partial charge in [0.15, 0.2) is 0 Å². The van der Waals surface area contributed by atoms with Gasteiger partial charge in [-0.15, -0.1) is 0 Å². The lowest BCUT2D eigenvalue weighted by atomic mass is 9.79. The molecule has 1 aliphatic carbocycles. The molecule has 1 amide bonds. The van der Waals surface area contributed by atoms with Gasteiger partial charge in [0.05, 0.1) is 12.7 Å². The maximum Gasteiger partial charge on any atom is 0.255 e. The maximum absolute atomic E-state index is 12.4. The van der Waals surface area contributed by atoms with Crippen LogP contribution in [0.1, 0.15) is 29.6 Å². The predicted octanol–water partition coefficient (Wildman–Crippen LogP) is 1.81. The van der Waals surface area contributed by atoms with E-state index in [0.717, 1.165) is 37.8 Å². The molecule has 2 aliphatic rings. The van der Waals surface area contributed by atoms with Crippen LogP contribution in [-0.2, 0) is 0 Å². The molecular formula is C16H22N2O2. The molecule has 0 radical (unpaired) electrons. The van der Waals surface area contributed by atoms with Crippen LogP contribution in [0.4, 0.5) is 0 Å². The molecule has 4 heteroatoms. The quantitative estimate of drug-likeness (QED) is 0.884. The Hall–Kier alpha value is -1.55. The summed E-state index contributed by atoms with van der Waals surface area (Å²) < 4.78 is 5.25. The highest BCUT2D eigenvalue weighted by Gasteiger charge is 2.34. The molecular weight excluding hydrogens is 252 g/mol. The lowest BCUT2D eigenvalue weighted by Crippen LogP contribution is -2.40. The third kappa shape index (κ3) is 2.66. The van der Waals surface area contributed by atoms with E-state index in [1.54, 1.807) is 7.11 Å². The topological polar surface area (TPSA) is 50.4 Å². The van der Waals surface area contributed by atoms with Crippen LogP contribution in [0.2, 0.25) is 0 Å². The van der Waals surface area contributed by atoms with Gasteiger partial charge in [-0.1, -0.05) is 12.1 Å². The SMILES string of the molecule is COc1ccccc1C(=O)NC1CC[C@H]2CNC[C@H]2C1. The van der Waals surface area contributed by atoms with E-state index in [2.05, 4.69) is 10.6 Å². The second kappa shape index (κ2) is 5.83. The molecule has 4 nitrogen and oxygen atoms in total. The minimum absolute atomic E-state index is 0.0168. The molecule has 1 aromatic rings. The molecule has 1 aliphatic heterocycles. The number of amides is 1. The zero-order valence-corrected chi connectivity index (χ0v) is 11.9. The molecule has 3 rings (SSSR count). The van der Waals surface area contributed by atoms with Gasteiger partial charge in [0.25, 0.3) is 5.91 Å². The largest absolute Gasteiger partial charge is 0.496 e. The first-order valence-electron chi connectivity index (χ1n) is 7.42. The Morgan fingerprint density at radius 2 is 2.05 bits per heavy atom. The molecule has 1 heterocycles. The van der Waals surface area contributed by atoms with Gasteiger partial charge in [0.2, 0.25) is 0 Å². The van der Waals surface area contributed by atoms with E-state index in [-0.39, 0.29) is 5.91 Å². The van der Waals surface area contributed by atoms with Gasteiger partial charge in [0.1, 0.15) is 5.75 Å². The summed E-state index contributed by atoms with van der Waals surface area (Å²) in [5.41, 5.74) is 0.627. The van der Waals surface area contributed by atoms with Crippen molar-refractivity contribution < 1.29 is 9.53 Å². The van der Waals surface area contributed by atoms with Crippen LogP contribution >= 0.6 is 0 Å². The fourth-order valence-corrected chi connectivity index (χ4v) is 3.53. The second-order valence-electron chi connectivity index (χ2n) is 5.86. The molecule has 1 saturated heterocycles. The lowest BCUT2D eigenvalue weighted by molar-refractivity contribution is 0.0910. The summed E-state index contributed by atoms with van der Waals surface area (Å²) in [5, 5.41) is 6.63. The summed E-state index contributed by atoms with van der Waals surface area (Å²) >= 11 is 0. The molecule has 1 saturated carbocycles. The van der Waals surface area contributed by atoms with Crippen molar-refractivity contribution in [2.45, 2.75) is 25.3 Å². The normalized spacial score (nSPS) is 28.8. The Morgan fingerprint density at radius 3 is 2.90 bits per heavy atom. The van der Waals surface area contributed by atoms with Crippen molar-refractivity contribution in [2.24, 2.45) is 11.8 Å². The fraction of sp³-hybridized carbons (Fsp3) is 0.562. The van der Waals surface area contributed by atoms with Crippen molar-refractivity contribution in [3.8, 4) is 5.75 Å². The Kier molecular flexibility index (Phi) is 3.92. The van der Waals surface area contributed by atoms with Gasteiger partial charge in [-0.25, -0.2) is 0 Å². The molecule has 20 heavy (non-hydrogen) atoms. The van der Waals surface area contributed by atoms with Crippen LogP contribution in [0.15, 0.2) is 24.3 Å². The molecule has 2 N–H and O–H groups in total. The number of benzene rings is 1. The average Bonchev–Trinajstić information content (AvgIpc) is 2.94. The number of hydrogen-bond acceptors (Lipinski definition) is 3. The van der Waals surface area contributed by atoms with Crippen molar-refractivity contribution >= 4 is 5.91 Å². The molecule has 0 aromatic heterocycles. The molecule has 2 fully saturated rings. The summed E-state index contributed by atoms with van der Waals surface area (Å²) in [7, 11) is 1.60. The highest BCUT2D eigenvalue weighted by atomic mass is 16.5. The van der Waals surface area contributed by atoms with Crippen molar-refractivity contribution in [3.63, 3.8) is 0 Å². The van der Waals surface area contributed by atoms with E-state index >= 15 is 0 Å². The molecule has 108 valence electrons. The van der Waals surface area contributed by atoms with E-state index in [4.69, 9.17) is 4.74 Å². The summed E-state index contributed by atoms with van der Waals surface area (Å²) in [4.78, 5) is 12.4. The number of carbonyl (C=O) groups excluding carboxylic acids is 1. The number of methoxy groups -OCH3 is 1. The van der Waals surface area contributed by atoms with Crippen molar-refractivity contribution in [1.82, 2.24) is 10.6 Å². The number of nitrogens with one attached hydrogen (secondary N) is 2. The average molecular weight is 274 g/mol. The lowest BCUT2D eigenvalue weighted by Gasteiger charge is -2.31. The van der Waals surface area contributed by atoms with Crippen LogP contribution in [0.5, 0.6) is 5.75 Å². The fourth-order valence-electron chi connectivity index (χ4n) is 3.53. The zero-order valence-electron chi connectivity index (χ0n) is 11.9. The van der Waals surface area contributed by atoms with Gasteiger partial charge < -0.3 is 15.4 Å². The van der Waals surface area contributed by atoms with E-state index < -0.39 is 0 Å². The Labute approximate surface area is 119 Å². The predicted molar refractivity (Wildman–Crippen MR) is 77.9 cm³/mol. The van der Waals surface area contributed by atoms with E-state index in [1.807, 2.05) is 24.3 Å². The first-order valence-corrected chi connectivity index (χ1v) is 7.42. The molecule has 0 spiro atoms. The van der Waals surface area contributed by atoms with Crippen LogP contribution < -0.4 is 15.4 Å². The number of rotatable bonds is 3. The van der Waals surface area contributed by atoms with Gasteiger partial charge in [-0.2, -0.15) is 0 Å². The molecule has 1 aromatic carbocycles. The van der Waals surface area contributed by atoms with Crippen molar-refractivity contribution in [1.29, 1.82) is 0 Å². The van der Waals surface area contributed by atoms with Crippen molar-refractivity contribution in [2.75, 3.05) is 20.2 Å². The minimum atomic E-state index is -0.0168. The maximum atomic E-state index is 12.4. The molecule has 3 atom stereocenters. The van der Waals surface area contributed by atoms with Crippen LogP contribution in [0.3, 0.4) is 0 Å². The number of hydrogen-bond donors (Lipinski definition) is 2. The van der Waals surface area contributed by atoms with E-state index in [0.29, 0.717) is 17.4 Å². The number of para-hydroxylation sites is 1. The second-order valence-corrected chi connectivity index (χ2v) is 5.86. The van der Waals surface area contributed by atoms with Gasteiger partial charge in [-0.05, 0) is 56.3 Å². The highest BCUT2D eigenvalue weighted by molar-refractivity contribution is 5.97. The standard InChI is InChI=1S/C16H22N2O2/c1-20-15-5-3-2-4-14(15)16(19)18-13-7-6-11-9-17-10-12(11)8-13/h2-5,11-13,17H,6-10H2,1H3,(H,18,19)/t11-,12+,13?/m0/s1. The number of ether oxygens (including phenoxy) is 1. The summed E-state index contributed by atoms with van der Waals surface area (Å²) in [5.74, 6) is 2.17. The van der Waals surface area contributed by atoms with E-state index in [9.17, 15) is 4.79 Å². The van der Waals surface area contributed by atoms with Gasteiger partial charge >= 0.3 is 0 Å². The third-order valence-electron chi connectivity index (χ3n) is 4.64. The van der Waals surface area contributed by atoms with Gasteiger partial charge in [0, 0.05) is 6.04 Å². The Balaban J connectivity index is 1.64.